The number of likely N-dealkylation sites (tertiary alicyclic amines) is 1. The Balaban J connectivity index is 1.75. The zero-order valence-electron chi connectivity index (χ0n) is 12.7. The van der Waals surface area contributed by atoms with Gasteiger partial charge in [-0.2, -0.15) is 0 Å². The van der Waals surface area contributed by atoms with E-state index in [4.69, 9.17) is 16.3 Å². The monoisotopic (exact) mass is 324 g/mol. The highest BCUT2D eigenvalue weighted by molar-refractivity contribution is 6.30. The molecule has 2 rings (SSSR count). The second kappa shape index (κ2) is 8.03. The van der Waals surface area contributed by atoms with Gasteiger partial charge in [0.15, 0.2) is 0 Å². The molecular weight excluding hydrogens is 304 g/mol. The summed E-state index contributed by atoms with van der Waals surface area (Å²) in [4.78, 5) is 25.4. The Labute approximate surface area is 135 Å². The van der Waals surface area contributed by atoms with E-state index in [-0.39, 0.29) is 17.9 Å². The zero-order valence-corrected chi connectivity index (χ0v) is 13.4. The first kappa shape index (κ1) is 16.6. The summed E-state index contributed by atoms with van der Waals surface area (Å²) in [6, 6.07) is 7.40. The van der Waals surface area contributed by atoms with Crippen molar-refractivity contribution in [3.05, 3.63) is 34.9 Å². The lowest BCUT2D eigenvalue weighted by Crippen LogP contribution is -2.43. The number of rotatable bonds is 4. The Hall–Kier alpha value is -1.75. The van der Waals surface area contributed by atoms with Gasteiger partial charge in [0, 0.05) is 30.6 Å². The summed E-state index contributed by atoms with van der Waals surface area (Å²) in [6.45, 7) is 3.79. The van der Waals surface area contributed by atoms with Gasteiger partial charge in [0.2, 0.25) is 5.91 Å². The Morgan fingerprint density at radius 1 is 1.27 bits per heavy atom. The van der Waals surface area contributed by atoms with Gasteiger partial charge in [-0.25, -0.2) is 4.79 Å². The quantitative estimate of drug-likeness (QED) is 0.926. The normalized spacial score (nSPS) is 15.5. The van der Waals surface area contributed by atoms with Crippen molar-refractivity contribution in [3.63, 3.8) is 0 Å². The van der Waals surface area contributed by atoms with E-state index in [1.165, 1.54) is 0 Å². The zero-order chi connectivity index (χ0) is 15.9. The van der Waals surface area contributed by atoms with Gasteiger partial charge in [-0.3, -0.25) is 4.79 Å². The third kappa shape index (κ3) is 4.63. The number of ether oxygens (including phenoxy) is 1. The minimum absolute atomic E-state index is 0.0402. The van der Waals surface area contributed by atoms with Crippen molar-refractivity contribution >= 4 is 23.6 Å². The molecule has 5 nitrogen and oxygen atoms in total. The van der Waals surface area contributed by atoms with Crippen LogP contribution in [0.15, 0.2) is 24.3 Å². The van der Waals surface area contributed by atoms with Gasteiger partial charge in [0.25, 0.3) is 0 Å². The van der Waals surface area contributed by atoms with Crippen LogP contribution in [0, 0.1) is 5.92 Å². The molecule has 1 saturated heterocycles. The fourth-order valence-corrected chi connectivity index (χ4v) is 2.60. The van der Waals surface area contributed by atoms with Crippen LogP contribution in [0.25, 0.3) is 0 Å². The van der Waals surface area contributed by atoms with E-state index in [9.17, 15) is 9.59 Å². The number of carbonyl (C=O) groups excluding carboxylic acids is 2. The van der Waals surface area contributed by atoms with Crippen molar-refractivity contribution in [2.45, 2.75) is 26.3 Å². The first-order chi connectivity index (χ1) is 10.6. The molecule has 0 bridgehead atoms. The molecule has 1 N–H and O–H groups in total. The van der Waals surface area contributed by atoms with Crippen LogP contribution in [0.3, 0.4) is 0 Å². The molecule has 0 radical (unpaired) electrons. The fraction of sp³-hybridized carbons (Fsp3) is 0.500. The molecule has 1 fully saturated rings. The van der Waals surface area contributed by atoms with E-state index >= 15 is 0 Å². The Morgan fingerprint density at radius 2 is 1.91 bits per heavy atom. The number of nitrogens with zero attached hydrogens (tertiary/aromatic N) is 1. The maximum atomic E-state index is 12.2. The van der Waals surface area contributed by atoms with Crippen molar-refractivity contribution in [3.8, 4) is 0 Å². The summed E-state index contributed by atoms with van der Waals surface area (Å²) in [5.41, 5.74) is 1.02. The molecule has 2 amide bonds. The number of amides is 2. The van der Waals surface area contributed by atoms with Gasteiger partial charge in [-0.15, -0.1) is 0 Å². The summed E-state index contributed by atoms with van der Waals surface area (Å²) in [5, 5.41) is 3.62. The highest BCUT2D eigenvalue weighted by Gasteiger charge is 2.27. The number of benzene rings is 1. The van der Waals surface area contributed by atoms with Crippen LogP contribution >= 0.6 is 11.6 Å². The minimum atomic E-state index is -0.289. The second-order valence-corrected chi connectivity index (χ2v) is 5.74. The summed E-state index contributed by atoms with van der Waals surface area (Å²) in [5.74, 6) is -0.00330. The molecule has 1 aromatic rings. The van der Waals surface area contributed by atoms with E-state index in [0.29, 0.717) is 44.1 Å². The molecule has 0 aliphatic carbocycles. The first-order valence-electron chi connectivity index (χ1n) is 7.54. The lowest BCUT2D eigenvalue weighted by Gasteiger charge is -2.30. The highest BCUT2D eigenvalue weighted by atomic mass is 35.5. The van der Waals surface area contributed by atoms with E-state index in [1.807, 2.05) is 12.1 Å². The summed E-state index contributed by atoms with van der Waals surface area (Å²) in [6.07, 6.45) is 1.05. The predicted molar refractivity (Wildman–Crippen MR) is 84.6 cm³/mol. The fourth-order valence-electron chi connectivity index (χ4n) is 2.47. The largest absolute Gasteiger partial charge is 0.450 e. The molecule has 1 heterocycles. The van der Waals surface area contributed by atoms with Crippen LogP contribution in [-0.2, 0) is 16.1 Å². The maximum Gasteiger partial charge on any atom is 0.409 e. The van der Waals surface area contributed by atoms with Gasteiger partial charge in [-0.05, 0) is 37.5 Å². The second-order valence-electron chi connectivity index (χ2n) is 5.30. The van der Waals surface area contributed by atoms with Crippen molar-refractivity contribution < 1.29 is 14.3 Å². The smallest absolute Gasteiger partial charge is 0.409 e. The van der Waals surface area contributed by atoms with E-state index in [2.05, 4.69) is 5.32 Å². The number of nitrogens with one attached hydrogen (secondary N) is 1. The Morgan fingerprint density at radius 3 is 2.50 bits per heavy atom. The number of hydrogen-bond acceptors (Lipinski definition) is 3. The van der Waals surface area contributed by atoms with Gasteiger partial charge in [-0.1, -0.05) is 23.7 Å². The van der Waals surface area contributed by atoms with Crippen molar-refractivity contribution in [2.75, 3.05) is 19.7 Å². The summed E-state index contributed by atoms with van der Waals surface area (Å²) >= 11 is 5.83. The average Bonchev–Trinajstić information content (AvgIpc) is 2.54. The van der Waals surface area contributed by atoms with Crippen LogP contribution < -0.4 is 5.32 Å². The number of carbonyl (C=O) groups is 2. The first-order valence-corrected chi connectivity index (χ1v) is 7.91. The van der Waals surface area contributed by atoms with Crippen LogP contribution in [0.5, 0.6) is 0 Å². The van der Waals surface area contributed by atoms with Crippen molar-refractivity contribution in [1.82, 2.24) is 10.2 Å². The van der Waals surface area contributed by atoms with Gasteiger partial charge in [0.1, 0.15) is 0 Å². The number of hydrogen-bond donors (Lipinski definition) is 1. The lowest BCUT2D eigenvalue weighted by molar-refractivity contribution is -0.126. The van der Waals surface area contributed by atoms with Crippen LogP contribution in [-0.4, -0.2) is 36.6 Å². The summed E-state index contributed by atoms with van der Waals surface area (Å²) in [7, 11) is 0. The topological polar surface area (TPSA) is 58.6 Å². The van der Waals surface area contributed by atoms with E-state index in [0.717, 1.165) is 5.56 Å². The SMILES string of the molecule is CCOC(=O)N1CCC(C(=O)NCc2ccc(Cl)cc2)CC1. The van der Waals surface area contributed by atoms with Gasteiger partial charge >= 0.3 is 6.09 Å². The molecule has 0 aromatic heterocycles. The molecule has 6 heteroatoms. The molecule has 1 aliphatic rings. The molecule has 1 aliphatic heterocycles. The maximum absolute atomic E-state index is 12.2. The molecule has 1 aromatic carbocycles. The standard InChI is InChI=1S/C16H21ClN2O3/c1-2-22-16(21)19-9-7-13(8-10-19)15(20)18-11-12-3-5-14(17)6-4-12/h3-6,13H,2,7-11H2,1H3,(H,18,20). The number of piperidine rings is 1. The Bertz CT molecular complexity index is 511. The average molecular weight is 325 g/mol. The molecule has 0 atom stereocenters. The Kier molecular flexibility index (Phi) is 6.07. The molecule has 0 unspecified atom stereocenters. The van der Waals surface area contributed by atoms with E-state index in [1.54, 1.807) is 24.0 Å². The number of halogens is 1. The van der Waals surface area contributed by atoms with Crippen LogP contribution in [0.2, 0.25) is 5.02 Å². The van der Waals surface area contributed by atoms with Gasteiger partial charge in [0.05, 0.1) is 6.61 Å². The predicted octanol–water partition coefficient (Wildman–Crippen LogP) is 2.82. The molecule has 120 valence electrons. The van der Waals surface area contributed by atoms with Crippen LogP contribution in [0.1, 0.15) is 25.3 Å². The van der Waals surface area contributed by atoms with Crippen molar-refractivity contribution in [1.29, 1.82) is 0 Å². The summed E-state index contributed by atoms with van der Waals surface area (Å²) < 4.78 is 4.97. The van der Waals surface area contributed by atoms with E-state index < -0.39 is 0 Å². The highest BCUT2D eigenvalue weighted by Crippen LogP contribution is 2.18. The molecule has 0 saturated carbocycles. The van der Waals surface area contributed by atoms with Crippen LogP contribution in [0.4, 0.5) is 4.79 Å². The molecule has 22 heavy (non-hydrogen) atoms. The third-order valence-electron chi connectivity index (χ3n) is 3.77. The molecular formula is C16H21ClN2O3. The minimum Gasteiger partial charge on any atom is -0.450 e. The van der Waals surface area contributed by atoms with Crippen molar-refractivity contribution in [2.24, 2.45) is 5.92 Å². The molecule has 0 spiro atoms. The third-order valence-corrected chi connectivity index (χ3v) is 4.02. The van der Waals surface area contributed by atoms with Gasteiger partial charge < -0.3 is 15.0 Å². The lowest BCUT2D eigenvalue weighted by atomic mass is 9.96.